The molecule has 6 nitrogen and oxygen atoms in total. The lowest BCUT2D eigenvalue weighted by molar-refractivity contribution is 0.0951. The van der Waals surface area contributed by atoms with Crippen LogP contribution in [0.25, 0.3) is 0 Å². The molecule has 0 spiro atoms. The van der Waals surface area contributed by atoms with E-state index in [0.29, 0.717) is 6.54 Å². The Kier molecular flexibility index (Phi) is 7.66. The molecule has 2 N–H and O–H groups in total. The molecule has 1 aliphatic carbocycles. The molecule has 1 amide bonds. The summed E-state index contributed by atoms with van der Waals surface area (Å²) < 4.78 is 0. The average Bonchev–Trinajstić information content (AvgIpc) is 3.41. The van der Waals surface area contributed by atoms with Crippen molar-refractivity contribution in [2.75, 3.05) is 0 Å². The summed E-state index contributed by atoms with van der Waals surface area (Å²) >= 11 is 12.2. The van der Waals surface area contributed by atoms with Gasteiger partial charge in [-0.3, -0.25) is 19.7 Å². The minimum absolute atomic E-state index is 0.233. The first kappa shape index (κ1) is 24.5. The molecule has 5 rings (SSSR count). The van der Waals surface area contributed by atoms with Crippen LogP contribution in [0.2, 0.25) is 10.0 Å². The van der Waals surface area contributed by atoms with Crippen LogP contribution < -0.4 is 5.32 Å². The predicted octanol–water partition coefficient (Wildman–Crippen LogP) is 6.12. The number of nitrogens with one attached hydrogen (secondary N) is 2. The number of rotatable bonds is 8. The molecule has 1 aromatic carbocycles. The van der Waals surface area contributed by atoms with Crippen molar-refractivity contribution in [3.63, 3.8) is 0 Å². The molecule has 0 saturated carbocycles. The molecule has 0 aliphatic heterocycles. The van der Waals surface area contributed by atoms with Gasteiger partial charge in [-0.05, 0) is 54.2 Å². The topological polar surface area (TPSA) is 73.9 Å². The normalized spacial score (nSPS) is 15.0. The van der Waals surface area contributed by atoms with Gasteiger partial charge in [0.15, 0.2) is 0 Å². The maximum Gasteiger partial charge on any atom is 0.254 e. The molecule has 3 heterocycles. The SMILES string of the molecule is O=C(NCc1ccc(CN(Cc2ccc[nH]2)C2CCCc3cccnc32)cc1)c1c(Cl)cncc1Cl. The van der Waals surface area contributed by atoms with Gasteiger partial charge in [-0.2, -0.15) is 0 Å². The Bertz CT molecular complexity index is 1300. The largest absolute Gasteiger partial charge is 0.364 e. The predicted molar refractivity (Wildman–Crippen MR) is 142 cm³/mol. The van der Waals surface area contributed by atoms with Crippen molar-refractivity contribution >= 4 is 29.1 Å². The Morgan fingerprint density at radius 1 is 1.03 bits per heavy atom. The van der Waals surface area contributed by atoms with Crippen LogP contribution in [-0.4, -0.2) is 25.8 Å². The van der Waals surface area contributed by atoms with Gasteiger partial charge in [0.1, 0.15) is 0 Å². The van der Waals surface area contributed by atoms with Gasteiger partial charge in [0.05, 0.1) is 27.3 Å². The zero-order chi connectivity index (χ0) is 24.9. The maximum absolute atomic E-state index is 12.6. The Morgan fingerprint density at radius 2 is 1.81 bits per heavy atom. The first-order valence-corrected chi connectivity index (χ1v) is 12.8. The zero-order valence-corrected chi connectivity index (χ0v) is 21.3. The van der Waals surface area contributed by atoms with Gasteiger partial charge in [0.25, 0.3) is 5.91 Å². The van der Waals surface area contributed by atoms with Gasteiger partial charge < -0.3 is 10.3 Å². The molecule has 8 heteroatoms. The van der Waals surface area contributed by atoms with E-state index in [9.17, 15) is 4.79 Å². The highest BCUT2D eigenvalue weighted by atomic mass is 35.5. The number of aryl methyl sites for hydroxylation is 1. The summed E-state index contributed by atoms with van der Waals surface area (Å²) in [5.41, 5.74) is 6.18. The number of benzene rings is 1. The van der Waals surface area contributed by atoms with E-state index in [1.807, 2.05) is 36.7 Å². The molecule has 1 unspecified atom stereocenters. The molecule has 0 saturated heterocycles. The summed E-state index contributed by atoms with van der Waals surface area (Å²) in [6, 6.07) is 17.0. The number of carbonyl (C=O) groups excluding carboxylic acids is 1. The molecular weight excluding hydrogens is 493 g/mol. The zero-order valence-electron chi connectivity index (χ0n) is 19.8. The van der Waals surface area contributed by atoms with Gasteiger partial charge in [-0.15, -0.1) is 0 Å². The third-order valence-corrected chi connectivity index (χ3v) is 7.16. The number of nitrogens with zero attached hydrogens (tertiary/aromatic N) is 3. The lowest BCUT2D eigenvalue weighted by atomic mass is 9.90. The number of halogens is 2. The second-order valence-corrected chi connectivity index (χ2v) is 9.85. The second kappa shape index (κ2) is 11.2. The van der Waals surface area contributed by atoms with Crippen LogP contribution >= 0.6 is 23.2 Å². The van der Waals surface area contributed by atoms with Crippen molar-refractivity contribution < 1.29 is 4.79 Å². The van der Waals surface area contributed by atoms with Gasteiger partial charge in [-0.25, -0.2) is 0 Å². The number of hydrogen-bond acceptors (Lipinski definition) is 4. The fraction of sp³-hybridized carbons (Fsp3) is 0.250. The van der Waals surface area contributed by atoms with Crippen molar-refractivity contribution in [2.45, 2.75) is 44.9 Å². The molecule has 1 atom stereocenters. The van der Waals surface area contributed by atoms with E-state index >= 15 is 0 Å². The van der Waals surface area contributed by atoms with E-state index in [1.165, 1.54) is 34.9 Å². The molecule has 184 valence electrons. The maximum atomic E-state index is 12.6. The second-order valence-electron chi connectivity index (χ2n) is 9.03. The quantitative estimate of drug-likeness (QED) is 0.294. The van der Waals surface area contributed by atoms with Crippen LogP contribution in [0.3, 0.4) is 0 Å². The summed E-state index contributed by atoms with van der Waals surface area (Å²) in [5, 5.41) is 3.36. The number of aromatic amines is 1. The highest BCUT2D eigenvalue weighted by Crippen LogP contribution is 2.34. The molecule has 0 bridgehead atoms. The fourth-order valence-electron chi connectivity index (χ4n) is 4.80. The smallest absolute Gasteiger partial charge is 0.254 e. The standard InChI is InChI=1S/C28H27Cl2N5O/c29-23-15-31-16-24(30)26(23)28(36)34-14-19-8-10-20(11-9-19)17-35(18-22-6-3-12-32-22)25-7-1-4-21-5-2-13-33-27(21)25/h2-3,5-6,8-13,15-16,25,32H,1,4,7,14,17-18H2,(H,34,36). The summed E-state index contributed by atoms with van der Waals surface area (Å²) in [6.07, 6.45) is 10.0. The van der Waals surface area contributed by atoms with Gasteiger partial charge in [0.2, 0.25) is 0 Å². The minimum Gasteiger partial charge on any atom is -0.364 e. The first-order valence-electron chi connectivity index (χ1n) is 12.0. The summed E-state index contributed by atoms with van der Waals surface area (Å²) in [4.78, 5) is 27.1. The number of fused-ring (bicyclic) bond motifs is 1. The van der Waals surface area contributed by atoms with Crippen LogP contribution in [-0.2, 0) is 26.1 Å². The van der Waals surface area contributed by atoms with Crippen molar-refractivity contribution in [1.82, 2.24) is 25.2 Å². The Labute approximate surface area is 220 Å². The first-order chi connectivity index (χ1) is 17.6. The molecule has 4 aromatic rings. The third-order valence-electron chi connectivity index (χ3n) is 6.58. The molecule has 1 aliphatic rings. The van der Waals surface area contributed by atoms with Crippen LogP contribution in [0.15, 0.2) is 73.3 Å². The number of amides is 1. The number of H-pyrrole nitrogens is 1. The van der Waals surface area contributed by atoms with Crippen molar-refractivity contribution in [2.24, 2.45) is 0 Å². The Balaban J connectivity index is 1.29. The van der Waals surface area contributed by atoms with Gasteiger partial charge in [0, 0.05) is 50.1 Å². The lowest BCUT2D eigenvalue weighted by Crippen LogP contribution is -2.31. The minimum atomic E-state index is -0.322. The fourth-order valence-corrected chi connectivity index (χ4v) is 5.33. The van der Waals surface area contributed by atoms with E-state index in [1.54, 1.807) is 0 Å². The van der Waals surface area contributed by atoms with E-state index in [0.717, 1.165) is 37.9 Å². The van der Waals surface area contributed by atoms with Crippen LogP contribution in [0, 0.1) is 0 Å². The third kappa shape index (κ3) is 5.62. The monoisotopic (exact) mass is 519 g/mol. The summed E-state index contributed by atoms with van der Waals surface area (Å²) in [6.45, 7) is 1.99. The lowest BCUT2D eigenvalue weighted by Gasteiger charge is -2.35. The highest BCUT2D eigenvalue weighted by Gasteiger charge is 2.27. The number of hydrogen-bond donors (Lipinski definition) is 2. The summed E-state index contributed by atoms with van der Waals surface area (Å²) in [7, 11) is 0. The van der Waals surface area contributed by atoms with Gasteiger partial charge >= 0.3 is 0 Å². The van der Waals surface area contributed by atoms with Crippen molar-refractivity contribution in [3.05, 3.63) is 117 Å². The van der Waals surface area contributed by atoms with E-state index in [-0.39, 0.29) is 27.6 Å². The number of carbonyl (C=O) groups is 1. The van der Waals surface area contributed by atoms with Crippen molar-refractivity contribution in [3.8, 4) is 0 Å². The Hall–Kier alpha value is -3.19. The van der Waals surface area contributed by atoms with E-state index in [4.69, 9.17) is 28.2 Å². The molecule has 0 fully saturated rings. The van der Waals surface area contributed by atoms with Crippen LogP contribution in [0.5, 0.6) is 0 Å². The summed E-state index contributed by atoms with van der Waals surface area (Å²) in [5.74, 6) is -0.322. The molecule has 36 heavy (non-hydrogen) atoms. The van der Waals surface area contributed by atoms with Gasteiger partial charge in [-0.1, -0.05) is 53.5 Å². The Morgan fingerprint density at radius 3 is 2.56 bits per heavy atom. The number of aromatic nitrogens is 3. The van der Waals surface area contributed by atoms with Crippen LogP contribution in [0.4, 0.5) is 0 Å². The molecular formula is C28H27Cl2N5O. The molecule has 3 aromatic heterocycles. The highest BCUT2D eigenvalue weighted by molar-refractivity contribution is 6.39. The van der Waals surface area contributed by atoms with E-state index < -0.39 is 0 Å². The van der Waals surface area contributed by atoms with Crippen molar-refractivity contribution in [1.29, 1.82) is 0 Å². The van der Waals surface area contributed by atoms with E-state index in [2.05, 4.69) is 44.5 Å². The molecule has 0 radical (unpaired) electrons. The van der Waals surface area contributed by atoms with Crippen LogP contribution in [0.1, 0.15) is 57.3 Å². The average molecular weight is 520 g/mol. The number of pyridine rings is 2.